The largest absolute Gasteiger partial charge is 0.330 e. The molecule has 1 rings (SSSR count). The maximum atomic E-state index is 13.0. The van der Waals surface area contributed by atoms with E-state index in [9.17, 15) is 13.6 Å². The second-order valence-corrected chi connectivity index (χ2v) is 3.67. The molecule has 14 heavy (non-hydrogen) atoms. The highest BCUT2D eigenvalue weighted by Crippen LogP contribution is 2.34. The second-order valence-electron chi connectivity index (χ2n) is 3.67. The molecule has 1 saturated heterocycles. The second kappa shape index (κ2) is 4.07. The van der Waals surface area contributed by atoms with Gasteiger partial charge in [-0.05, 0) is 12.5 Å². The fraction of sp³-hybridized carbons (Fsp3) is 0.700. The minimum absolute atomic E-state index is 0.208. The fourth-order valence-electron chi connectivity index (χ4n) is 1.86. The van der Waals surface area contributed by atoms with Crippen LogP contribution in [0, 0.1) is 0 Å². The molecule has 0 N–H and O–H groups in total. The summed E-state index contributed by atoms with van der Waals surface area (Å²) < 4.78 is 26.1. The Labute approximate surface area is 82.6 Å². The normalized spacial score (nSPS) is 25.1. The number of carbonyl (C=O) groups excluding carboxylic acids is 1. The zero-order chi connectivity index (χ0) is 10.8. The van der Waals surface area contributed by atoms with Gasteiger partial charge in [0, 0.05) is 12.5 Å². The summed E-state index contributed by atoms with van der Waals surface area (Å²) in [5.74, 6) is -3.11. The van der Waals surface area contributed by atoms with E-state index in [0.29, 0.717) is 6.42 Å². The van der Waals surface area contributed by atoms with Crippen molar-refractivity contribution in [3.63, 3.8) is 0 Å². The van der Waals surface area contributed by atoms with E-state index < -0.39 is 12.5 Å². The molecule has 0 spiro atoms. The molecule has 1 heterocycles. The van der Waals surface area contributed by atoms with Crippen LogP contribution in [-0.4, -0.2) is 29.3 Å². The molecule has 0 aromatic heterocycles. The van der Waals surface area contributed by atoms with Crippen molar-refractivity contribution in [2.75, 3.05) is 6.54 Å². The molecule has 2 nitrogen and oxygen atoms in total. The van der Waals surface area contributed by atoms with E-state index >= 15 is 0 Å². The van der Waals surface area contributed by atoms with E-state index in [2.05, 4.69) is 6.58 Å². The molecule has 0 saturated carbocycles. The van der Waals surface area contributed by atoms with Crippen LogP contribution in [0.15, 0.2) is 12.7 Å². The van der Waals surface area contributed by atoms with Gasteiger partial charge in [0.25, 0.3) is 5.92 Å². The summed E-state index contributed by atoms with van der Waals surface area (Å²) in [5.41, 5.74) is 0. The van der Waals surface area contributed by atoms with E-state index in [4.69, 9.17) is 0 Å². The van der Waals surface area contributed by atoms with Gasteiger partial charge in [0.05, 0.1) is 6.54 Å². The van der Waals surface area contributed by atoms with Crippen LogP contribution in [0.1, 0.15) is 26.2 Å². The number of likely N-dealkylation sites (tertiary alicyclic amines) is 1. The Kier molecular flexibility index (Phi) is 3.24. The van der Waals surface area contributed by atoms with Gasteiger partial charge in [-0.1, -0.05) is 19.9 Å². The maximum absolute atomic E-state index is 13.0. The van der Waals surface area contributed by atoms with Gasteiger partial charge in [-0.25, -0.2) is 8.78 Å². The minimum atomic E-state index is -2.72. The molecule has 1 fully saturated rings. The molecule has 4 heteroatoms. The van der Waals surface area contributed by atoms with Gasteiger partial charge < -0.3 is 4.90 Å². The minimum Gasteiger partial charge on any atom is -0.330 e. The molecule has 0 bridgehead atoms. The first-order valence-corrected chi connectivity index (χ1v) is 4.81. The zero-order valence-corrected chi connectivity index (χ0v) is 8.30. The first kappa shape index (κ1) is 11.1. The summed E-state index contributed by atoms with van der Waals surface area (Å²) in [7, 11) is 0. The first-order valence-electron chi connectivity index (χ1n) is 4.81. The highest BCUT2D eigenvalue weighted by atomic mass is 19.3. The Morgan fingerprint density at radius 2 is 2.36 bits per heavy atom. The van der Waals surface area contributed by atoms with Crippen LogP contribution < -0.4 is 0 Å². The summed E-state index contributed by atoms with van der Waals surface area (Å²) in [4.78, 5) is 12.5. The third-order valence-electron chi connectivity index (χ3n) is 2.46. The van der Waals surface area contributed by atoms with Gasteiger partial charge >= 0.3 is 0 Å². The molecule has 0 radical (unpaired) electrons. The van der Waals surface area contributed by atoms with Crippen molar-refractivity contribution >= 4 is 5.91 Å². The number of carbonyl (C=O) groups is 1. The molecule has 0 unspecified atom stereocenters. The molecule has 0 aromatic carbocycles. The van der Waals surface area contributed by atoms with Crippen molar-refractivity contribution in [2.45, 2.75) is 38.2 Å². The van der Waals surface area contributed by atoms with Crippen molar-refractivity contribution in [2.24, 2.45) is 0 Å². The van der Waals surface area contributed by atoms with Crippen molar-refractivity contribution in [1.82, 2.24) is 4.90 Å². The highest BCUT2D eigenvalue weighted by Gasteiger charge is 2.45. The molecule has 1 aliphatic heterocycles. The average molecular weight is 203 g/mol. The Bertz CT molecular complexity index is 240. The number of amides is 1. The zero-order valence-electron chi connectivity index (χ0n) is 8.30. The molecule has 1 aliphatic rings. The van der Waals surface area contributed by atoms with Crippen molar-refractivity contribution < 1.29 is 13.6 Å². The van der Waals surface area contributed by atoms with Gasteiger partial charge in [0.2, 0.25) is 5.91 Å². The van der Waals surface area contributed by atoms with E-state index in [0.717, 1.165) is 12.5 Å². The summed E-state index contributed by atoms with van der Waals surface area (Å²) in [6.45, 7) is 4.78. The molecule has 1 atom stereocenters. The average Bonchev–Trinajstić information content (AvgIpc) is 2.41. The fourth-order valence-corrected chi connectivity index (χ4v) is 1.86. The number of rotatable bonds is 3. The van der Waals surface area contributed by atoms with Gasteiger partial charge in [-0.3, -0.25) is 4.79 Å². The third kappa shape index (κ3) is 2.30. The SMILES string of the molecule is C=CC(=O)N1CC(F)(F)C[C@H]1CCC. The van der Waals surface area contributed by atoms with Gasteiger partial charge in [-0.15, -0.1) is 0 Å². The predicted molar refractivity (Wildman–Crippen MR) is 50.2 cm³/mol. The van der Waals surface area contributed by atoms with Crippen LogP contribution in [0.2, 0.25) is 0 Å². The van der Waals surface area contributed by atoms with Gasteiger partial charge in [0.1, 0.15) is 0 Å². The number of hydrogen-bond acceptors (Lipinski definition) is 1. The van der Waals surface area contributed by atoms with Gasteiger partial charge in [0.15, 0.2) is 0 Å². The van der Waals surface area contributed by atoms with E-state index in [1.165, 1.54) is 4.90 Å². The lowest BCUT2D eigenvalue weighted by molar-refractivity contribution is -0.128. The van der Waals surface area contributed by atoms with Crippen LogP contribution in [0.25, 0.3) is 0 Å². The highest BCUT2D eigenvalue weighted by molar-refractivity contribution is 5.87. The lowest BCUT2D eigenvalue weighted by atomic mass is 10.1. The lowest BCUT2D eigenvalue weighted by Gasteiger charge is -2.21. The Morgan fingerprint density at radius 1 is 1.71 bits per heavy atom. The quantitative estimate of drug-likeness (QED) is 0.644. The monoisotopic (exact) mass is 203 g/mol. The van der Waals surface area contributed by atoms with Crippen molar-refractivity contribution in [3.05, 3.63) is 12.7 Å². The molecule has 80 valence electrons. The Balaban J connectivity index is 2.71. The molecule has 1 amide bonds. The molecular formula is C10H15F2NO. The number of halogens is 2. The van der Waals surface area contributed by atoms with Crippen molar-refractivity contribution in [3.8, 4) is 0 Å². The van der Waals surface area contributed by atoms with E-state index in [1.807, 2.05) is 6.92 Å². The topological polar surface area (TPSA) is 20.3 Å². The predicted octanol–water partition coefficient (Wildman–Crippen LogP) is 2.21. The summed E-state index contributed by atoms with van der Waals surface area (Å²) in [6, 6.07) is -0.319. The number of alkyl halides is 2. The van der Waals surface area contributed by atoms with Crippen LogP contribution in [0.5, 0.6) is 0 Å². The number of nitrogens with zero attached hydrogens (tertiary/aromatic N) is 1. The van der Waals surface area contributed by atoms with Crippen LogP contribution in [-0.2, 0) is 4.79 Å². The summed E-state index contributed by atoms with van der Waals surface area (Å²) in [6.07, 6.45) is 2.33. The van der Waals surface area contributed by atoms with Gasteiger partial charge in [-0.2, -0.15) is 0 Å². The lowest BCUT2D eigenvalue weighted by Crippen LogP contribution is -2.35. The molecular weight excluding hydrogens is 188 g/mol. The standard InChI is InChI=1S/C10H15F2NO/c1-3-5-8-6-10(11,12)7-13(8)9(14)4-2/h4,8H,2-3,5-7H2,1H3/t8-/m1/s1. The Morgan fingerprint density at radius 3 is 2.86 bits per heavy atom. The van der Waals surface area contributed by atoms with Crippen molar-refractivity contribution in [1.29, 1.82) is 0 Å². The van der Waals surface area contributed by atoms with Crippen LogP contribution in [0.4, 0.5) is 8.78 Å². The molecule has 0 aromatic rings. The van der Waals surface area contributed by atoms with Crippen LogP contribution >= 0.6 is 0 Å². The molecule has 0 aliphatic carbocycles. The summed E-state index contributed by atoms with van der Waals surface area (Å²) in [5, 5.41) is 0. The smallest absolute Gasteiger partial charge is 0.267 e. The number of hydrogen-bond donors (Lipinski definition) is 0. The van der Waals surface area contributed by atoms with E-state index in [-0.39, 0.29) is 18.4 Å². The Hall–Kier alpha value is -0.930. The van der Waals surface area contributed by atoms with Crippen LogP contribution in [0.3, 0.4) is 0 Å². The first-order chi connectivity index (χ1) is 6.50. The third-order valence-corrected chi connectivity index (χ3v) is 2.46. The summed E-state index contributed by atoms with van der Waals surface area (Å²) >= 11 is 0. The maximum Gasteiger partial charge on any atom is 0.267 e. The van der Waals surface area contributed by atoms with E-state index in [1.54, 1.807) is 0 Å².